The maximum absolute atomic E-state index is 12.3. The molecule has 0 atom stereocenters. The lowest BCUT2D eigenvalue weighted by Gasteiger charge is -2.15. The van der Waals surface area contributed by atoms with Gasteiger partial charge in [0.05, 0.1) is 10.7 Å². The maximum Gasteiger partial charge on any atom is 0.242 e. The van der Waals surface area contributed by atoms with E-state index >= 15 is 0 Å². The van der Waals surface area contributed by atoms with E-state index in [9.17, 15) is 16.8 Å². The van der Waals surface area contributed by atoms with Gasteiger partial charge in [-0.1, -0.05) is 41.9 Å². The molecule has 0 radical (unpaired) electrons. The normalized spacial score (nSPS) is 12.1. The molecule has 0 aliphatic heterocycles. The Bertz CT molecular complexity index is 962. The van der Waals surface area contributed by atoms with Crippen LogP contribution in [0.5, 0.6) is 0 Å². The lowest BCUT2D eigenvalue weighted by molar-refractivity contribution is 0.586. The van der Waals surface area contributed by atoms with Crippen LogP contribution in [0, 0.1) is 0 Å². The molecule has 0 fully saturated rings. The quantitative estimate of drug-likeness (QED) is 0.653. The molecule has 0 amide bonds. The average Bonchev–Trinajstić information content (AvgIpc) is 2.60. The zero-order valence-electron chi connectivity index (χ0n) is 13.6. The third-order valence-corrected chi connectivity index (χ3v) is 6.81. The highest BCUT2D eigenvalue weighted by Crippen LogP contribution is 2.31. The number of anilines is 1. The Balaban J connectivity index is 2.53. The second-order valence-electron chi connectivity index (χ2n) is 5.03. The summed E-state index contributed by atoms with van der Waals surface area (Å²) in [6.45, 7) is 0.349. The summed E-state index contributed by atoms with van der Waals surface area (Å²) in [5, 5.41) is 2.91. The molecule has 3 N–H and O–H groups in total. The predicted octanol–water partition coefficient (Wildman–Crippen LogP) is 1.77. The Morgan fingerprint density at radius 2 is 1.44 bits per heavy atom. The fraction of sp³-hybridized carbons (Fsp3) is 0.200. The number of hydrogen-bond acceptors (Lipinski definition) is 5. The van der Waals surface area contributed by atoms with Gasteiger partial charge < -0.3 is 5.32 Å². The maximum atomic E-state index is 12.3. The Hall–Kier alpha value is -1.65. The highest BCUT2D eigenvalue weighted by molar-refractivity contribution is 7.90. The minimum absolute atomic E-state index is 0.0834. The summed E-state index contributed by atoms with van der Waals surface area (Å²) in [5.41, 5.74) is 1.14. The molecule has 2 aromatic carbocycles. The molecule has 0 heterocycles. The van der Waals surface area contributed by atoms with E-state index in [1.165, 1.54) is 20.2 Å². The molecule has 0 spiro atoms. The smallest absolute Gasteiger partial charge is 0.242 e. The Labute approximate surface area is 152 Å². The molecule has 0 saturated heterocycles. The lowest BCUT2D eigenvalue weighted by atomic mass is 10.2. The molecule has 0 aliphatic carbocycles. The molecular formula is C15H18ClN3O4S2. The van der Waals surface area contributed by atoms with Gasteiger partial charge in [0.1, 0.15) is 9.79 Å². The summed E-state index contributed by atoms with van der Waals surface area (Å²) in [7, 11) is -5.34. The van der Waals surface area contributed by atoms with Crippen molar-refractivity contribution >= 4 is 37.3 Å². The number of sulfonamides is 2. The van der Waals surface area contributed by atoms with Crippen LogP contribution in [-0.2, 0) is 26.6 Å². The van der Waals surface area contributed by atoms with Crippen molar-refractivity contribution in [3.05, 3.63) is 53.1 Å². The van der Waals surface area contributed by atoms with Crippen molar-refractivity contribution in [2.24, 2.45) is 0 Å². The summed E-state index contributed by atoms with van der Waals surface area (Å²) in [5.74, 6) is 0. The first-order chi connectivity index (χ1) is 11.7. The van der Waals surface area contributed by atoms with Gasteiger partial charge in [-0.05, 0) is 31.8 Å². The predicted molar refractivity (Wildman–Crippen MR) is 97.7 cm³/mol. The van der Waals surface area contributed by atoms with E-state index in [2.05, 4.69) is 14.8 Å². The van der Waals surface area contributed by atoms with Crippen molar-refractivity contribution in [3.8, 4) is 0 Å². The van der Waals surface area contributed by atoms with Crippen LogP contribution in [0.25, 0.3) is 0 Å². The Morgan fingerprint density at radius 1 is 0.880 bits per heavy atom. The van der Waals surface area contributed by atoms with E-state index < -0.39 is 20.0 Å². The summed E-state index contributed by atoms with van der Waals surface area (Å²) in [6, 6.07) is 11.7. The van der Waals surface area contributed by atoms with Gasteiger partial charge in [0.2, 0.25) is 20.0 Å². The van der Waals surface area contributed by atoms with Gasteiger partial charge in [0.15, 0.2) is 0 Å². The Morgan fingerprint density at radius 3 is 2.00 bits per heavy atom. The van der Waals surface area contributed by atoms with E-state index in [1.54, 1.807) is 0 Å². The van der Waals surface area contributed by atoms with Crippen molar-refractivity contribution in [3.63, 3.8) is 0 Å². The molecule has 0 unspecified atom stereocenters. The second-order valence-corrected chi connectivity index (χ2v) is 9.15. The van der Waals surface area contributed by atoms with Crippen LogP contribution in [0.15, 0.2) is 52.3 Å². The van der Waals surface area contributed by atoms with Crippen LogP contribution in [0.1, 0.15) is 5.56 Å². The van der Waals surface area contributed by atoms with Crippen molar-refractivity contribution in [2.75, 3.05) is 19.4 Å². The highest BCUT2D eigenvalue weighted by atomic mass is 35.5. The van der Waals surface area contributed by atoms with Gasteiger partial charge in [-0.25, -0.2) is 26.3 Å². The molecule has 2 aromatic rings. The van der Waals surface area contributed by atoms with Crippen LogP contribution in [-0.4, -0.2) is 30.9 Å². The summed E-state index contributed by atoms with van der Waals surface area (Å²) >= 11 is 6.07. The number of hydrogen-bond donors (Lipinski definition) is 3. The molecule has 0 aliphatic rings. The van der Waals surface area contributed by atoms with E-state index in [1.807, 2.05) is 30.3 Å². The molecule has 2 rings (SSSR count). The molecule has 25 heavy (non-hydrogen) atoms. The van der Waals surface area contributed by atoms with E-state index in [-0.39, 0.29) is 20.5 Å². The Kier molecular flexibility index (Phi) is 6.07. The number of halogens is 1. The van der Waals surface area contributed by atoms with Crippen molar-refractivity contribution in [1.82, 2.24) is 9.44 Å². The van der Waals surface area contributed by atoms with Crippen molar-refractivity contribution in [1.29, 1.82) is 0 Å². The molecule has 0 bridgehead atoms. The van der Waals surface area contributed by atoms with Crippen LogP contribution in [0.4, 0.5) is 5.69 Å². The van der Waals surface area contributed by atoms with Gasteiger partial charge in [0.25, 0.3) is 0 Å². The van der Waals surface area contributed by atoms with Crippen molar-refractivity contribution < 1.29 is 16.8 Å². The standard InChI is InChI=1S/C15H18ClN3O4S2/c1-17-24(20,21)14-9-15(25(22,23)18-2)13(8-12(14)16)19-10-11-6-4-3-5-7-11/h3-9,17-19H,10H2,1-2H3. The summed E-state index contributed by atoms with van der Waals surface area (Å²) < 4.78 is 53.0. The first-order valence-electron chi connectivity index (χ1n) is 7.19. The topological polar surface area (TPSA) is 104 Å². The van der Waals surface area contributed by atoms with Gasteiger partial charge >= 0.3 is 0 Å². The zero-order valence-corrected chi connectivity index (χ0v) is 16.0. The molecule has 7 nitrogen and oxygen atoms in total. The van der Waals surface area contributed by atoms with Gasteiger partial charge in [-0.3, -0.25) is 0 Å². The fourth-order valence-corrected chi connectivity index (χ4v) is 4.38. The number of nitrogens with one attached hydrogen (secondary N) is 3. The molecule has 10 heteroatoms. The molecule has 0 saturated carbocycles. The van der Waals surface area contributed by atoms with Gasteiger partial charge in [0, 0.05) is 6.54 Å². The van der Waals surface area contributed by atoms with Crippen LogP contribution in [0.2, 0.25) is 5.02 Å². The SMILES string of the molecule is CNS(=O)(=O)c1cc(S(=O)(=O)NC)c(NCc2ccccc2)cc1Cl. The molecule has 136 valence electrons. The van der Waals surface area contributed by atoms with E-state index in [4.69, 9.17) is 11.6 Å². The highest BCUT2D eigenvalue weighted by Gasteiger charge is 2.24. The zero-order chi connectivity index (χ0) is 18.7. The molecular weight excluding hydrogens is 386 g/mol. The largest absolute Gasteiger partial charge is 0.380 e. The summed E-state index contributed by atoms with van der Waals surface area (Å²) in [6.07, 6.45) is 0. The average molecular weight is 404 g/mol. The molecule has 0 aromatic heterocycles. The first kappa shape index (κ1) is 19.7. The van der Waals surface area contributed by atoms with E-state index in [0.29, 0.717) is 6.54 Å². The lowest BCUT2D eigenvalue weighted by Crippen LogP contribution is -2.23. The van der Waals surface area contributed by atoms with E-state index in [0.717, 1.165) is 11.6 Å². The third-order valence-electron chi connectivity index (χ3n) is 3.48. The second kappa shape index (κ2) is 7.71. The van der Waals surface area contributed by atoms with Crippen LogP contribution in [0.3, 0.4) is 0 Å². The van der Waals surface area contributed by atoms with Crippen LogP contribution < -0.4 is 14.8 Å². The van der Waals surface area contributed by atoms with Crippen molar-refractivity contribution in [2.45, 2.75) is 16.3 Å². The van der Waals surface area contributed by atoms with Gasteiger partial charge in [-0.15, -0.1) is 0 Å². The number of benzene rings is 2. The first-order valence-corrected chi connectivity index (χ1v) is 10.5. The minimum atomic E-state index is -3.91. The van der Waals surface area contributed by atoms with Gasteiger partial charge in [-0.2, -0.15) is 0 Å². The summed E-state index contributed by atoms with van der Waals surface area (Å²) in [4.78, 5) is -0.514. The number of rotatable bonds is 7. The fourth-order valence-electron chi connectivity index (χ4n) is 2.11. The minimum Gasteiger partial charge on any atom is -0.380 e. The monoisotopic (exact) mass is 403 g/mol. The van der Waals surface area contributed by atoms with Crippen LogP contribution >= 0.6 is 11.6 Å². The third kappa shape index (κ3) is 4.50.